The van der Waals surface area contributed by atoms with Gasteiger partial charge in [0.2, 0.25) is 0 Å². The third kappa shape index (κ3) is 5.59. The minimum absolute atomic E-state index is 0.0171. The standard InChI is InChI=1S/C21H23ClFN9OS/c22-16-3-1-2-15(18(16)23)20(33)32-7-5-31(6-8-32)12-14-10-13(19(24)29-30-25)11-17(27-14)28-21-26-4-9-34-21/h1-4,9-11,30H,5-8,12,25H2,(H2,24,29)(H,26,27,28). The maximum atomic E-state index is 14.3. The number of thiazole rings is 1. The first-order valence-electron chi connectivity index (χ1n) is 10.4. The molecule has 0 bridgehead atoms. The van der Waals surface area contributed by atoms with Crippen molar-refractivity contribution in [2.75, 3.05) is 31.5 Å². The van der Waals surface area contributed by atoms with Crippen molar-refractivity contribution in [2.24, 2.45) is 16.7 Å². The number of nitrogens with one attached hydrogen (secondary N) is 2. The van der Waals surface area contributed by atoms with E-state index in [1.54, 1.807) is 23.2 Å². The number of hydrazine groups is 1. The number of amidine groups is 1. The number of hydrogen-bond acceptors (Lipinski definition) is 9. The predicted molar refractivity (Wildman–Crippen MR) is 130 cm³/mol. The lowest BCUT2D eigenvalue weighted by molar-refractivity contribution is 0.0622. The summed E-state index contributed by atoms with van der Waals surface area (Å²) in [5.41, 5.74) is 9.60. The highest BCUT2D eigenvalue weighted by Gasteiger charge is 2.25. The van der Waals surface area contributed by atoms with E-state index in [1.165, 1.54) is 23.5 Å². The zero-order valence-electron chi connectivity index (χ0n) is 18.0. The number of pyridine rings is 1. The molecule has 1 fully saturated rings. The van der Waals surface area contributed by atoms with Crippen molar-refractivity contribution >= 4 is 45.6 Å². The van der Waals surface area contributed by atoms with E-state index in [0.717, 1.165) is 5.69 Å². The molecule has 1 aliphatic rings. The molecule has 1 amide bonds. The number of hydrazone groups is 1. The van der Waals surface area contributed by atoms with Crippen LogP contribution >= 0.6 is 22.9 Å². The number of hydrogen-bond donors (Lipinski definition) is 4. The lowest BCUT2D eigenvalue weighted by Crippen LogP contribution is -2.48. The third-order valence-electron chi connectivity index (χ3n) is 5.25. The van der Waals surface area contributed by atoms with Gasteiger partial charge in [-0.2, -0.15) is 0 Å². The molecule has 13 heteroatoms. The molecule has 10 nitrogen and oxygen atoms in total. The highest BCUT2D eigenvalue weighted by Crippen LogP contribution is 2.22. The molecule has 0 radical (unpaired) electrons. The number of halogens is 2. The molecule has 4 rings (SSSR count). The molecule has 0 aliphatic carbocycles. The average Bonchev–Trinajstić information content (AvgIpc) is 3.34. The van der Waals surface area contributed by atoms with Crippen LogP contribution in [0.25, 0.3) is 0 Å². The Balaban J connectivity index is 1.45. The number of amides is 1. The zero-order chi connectivity index (χ0) is 24.1. The van der Waals surface area contributed by atoms with E-state index in [2.05, 4.69) is 30.8 Å². The van der Waals surface area contributed by atoms with Crippen LogP contribution in [-0.4, -0.2) is 57.7 Å². The van der Waals surface area contributed by atoms with E-state index in [0.29, 0.717) is 49.2 Å². The van der Waals surface area contributed by atoms with Crippen LogP contribution in [0.3, 0.4) is 0 Å². The molecule has 1 saturated heterocycles. The zero-order valence-corrected chi connectivity index (χ0v) is 19.6. The summed E-state index contributed by atoms with van der Waals surface area (Å²) in [6, 6.07) is 8.04. The van der Waals surface area contributed by atoms with E-state index in [9.17, 15) is 9.18 Å². The van der Waals surface area contributed by atoms with Gasteiger partial charge in [-0.1, -0.05) is 17.7 Å². The Labute approximate surface area is 204 Å². The summed E-state index contributed by atoms with van der Waals surface area (Å²) in [5, 5.41) is 9.50. The third-order valence-corrected chi connectivity index (χ3v) is 6.23. The van der Waals surface area contributed by atoms with Crippen molar-refractivity contribution in [1.29, 1.82) is 0 Å². The number of benzene rings is 1. The quantitative estimate of drug-likeness (QED) is 0.166. The number of carbonyl (C=O) groups is 1. The molecular formula is C21H23ClFN9OS. The lowest BCUT2D eigenvalue weighted by atomic mass is 10.1. The Morgan fingerprint density at radius 3 is 2.76 bits per heavy atom. The first kappa shape index (κ1) is 23.8. The Bertz CT molecular complexity index is 1180. The maximum Gasteiger partial charge on any atom is 0.256 e. The van der Waals surface area contributed by atoms with E-state index in [-0.39, 0.29) is 22.3 Å². The van der Waals surface area contributed by atoms with Gasteiger partial charge in [0.25, 0.3) is 5.91 Å². The monoisotopic (exact) mass is 503 g/mol. The second-order valence-corrected chi connectivity index (χ2v) is 8.79. The van der Waals surface area contributed by atoms with Crippen LogP contribution in [0.2, 0.25) is 5.02 Å². The van der Waals surface area contributed by atoms with Crippen molar-refractivity contribution in [1.82, 2.24) is 25.3 Å². The van der Waals surface area contributed by atoms with Gasteiger partial charge in [0.05, 0.1) is 16.3 Å². The topological polar surface area (TPSA) is 138 Å². The summed E-state index contributed by atoms with van der Waals surface area (Å²) >= 11 is 7.27. The molecule has 3 heterocycles. The minimum atomic E-state index is -0.691. The fourth-order valence-corrected chi connectivity index (χ4v) is 4.30. The van der Waals surface area contributed by atoms with Crippen molar-refractivity contribution in [3.05, 3.63) is 69.6 Å². The van der Waals surface area contributed by atoms with Gasteiger partial charge in [0.15, 0.2) is 16.8 Å². The molecule has 178 valence electrons. The first-order valence-corrected chi connectivity index (χ1v) is 11.6. The molecule has 0 saturated carbocycles. The maximum absolute atomic E-state index is 14.3. The van der Waals surface area contributed by atoms with Crippen LogP contribution in [0.1, 0.15) is 21.6 Å². The van der Waals surface area contributed by atoms with Crippen molar-refractivity contribution in [2.45, 2.75) is 6.54 Å². The van der Waals surface area contributed by atoms with Crippen LogP contribution in [0.5, 0.6) is 0 Å². The summed E-state index contributed by atoms with van der Waals surface area (Å²) in [7, 11) is 0. The van der Waals surface area contributed by atoms with Gasteiger partial charge in [-0.3, -0.25) is 9.69 Å². The molecule has 6 N–H and O–H groups in total. The molecule has 1 aromatic carbocycles. The van der Waals surface area contributed by atoms with E-state index >= 15 is 0 Å². The van der Waals surface area contributed by atoms with Crippen LogP contribution in [0, 0.1) is 5.82 Å². The predicted octanol–water partition coefficient (Wildman–Crippen LogP) is 2.12. The summed E-state index contributed by atoms with van der Waals surface area (Å²) in [4.78, 5) is 25.4. The lowest BCUT2D eigenvalue weighted by Gasteiger charge is -2.34. The molecule has 2 aromatic heterocycles. The highest BCUT2D eigenvalue weighted by molar-refractivity contribution is 7.13. The van der Waals surface area contributed by atoms with Gasteiger partial charge in [-0.25, -0.2) is 25.7 Å². The minimum Gasteiger partial charge on any atom is -0.382 e. The fourth-order valence-electron chi connectivity index (χ4n) is 3.59. The van der Waals surface area contributed by atoms with Crippen LogP contribution in [-0.2, 0) is 6.54 Å². The molecular weight excluding hydrogens is 481 g/mol. The number of piperazine rings is 1. The fraction of sp³-hybridized carbons (Fsp3) is 0.238. The Morgan fingerprint density at radius 1 is 1.26 bits per heavy atom. The van der Waals surface area contributed by atoms with E-state index in [4.69, 9.17) is 23.2 Å². The average molecular weight is 504 g/mol. The number of anilines is 2. The highest BCUT2D eigenvalue weighted by atomic mass is 35.5. The van der Waals surface area contributed by atoms with Gasteiger partial charge in [-0.15, -0.1) is 16.4 Å². The van der Waals surface area contributed by atoms with Gasteiger partial charge >= 0.3 is 0 Å². The molecule has 3 aromatic rings. The summed E-state index contributed by atoms with van der Waals surface area (Å²) in [6.45, 7) is 2.63. The molecule has 34 heavy (non-hydrogen) atoms. The second-order valence-electron chi connectivity index (χ2n) is 7.49. The summed E-state index contributed by atoms with van der Waals surface area (Å²) < 4.78 is 14.3. The number of aromatic nitrogens is 2. The van der Waals surface area contributed by atoms with Gasteiger partial charge < -0.3 is 16.0 Å². The van der Waals surface area contributed by atoms with Crippen molar-refractivity contribution in [3.63, 3.8) is 0 Å². The smallest absolute Gasteiger partial charge is 0.256 e. The number of rotatable bonds is 7. The van der Waals surface area contributed by atoms with Crippen LogP contribution in [0.15, 0.2) is 47.0 Å². The van der Waals surface area contributed by atoms with Crippen LogP contribution in [0.4, 0.5) is 15.3 Å². The normalized spacial score (nSPS) is 14.8. The van der Waals surface area contributed by atoms with Gasteiger partial charge in [0, 0.05) is 49.9 Å². The van der Waals surface area contributed by atoms with Crippen molar-refractivity contribution in [3.8, 4) is 0 Å². The van der Waals surface area contributed by atoms with Crippen molar-refractivity contribution < 1.29 is 9.18 Å². The van der Waals surface area contributed by atoms with Gasteiger partial charge in [0.1, 0.15) is 5.82 Å². The summed E-state index contributed by atoms with van der Waals surface area (Å²) in [5.74, 6) is 5.00. The Hall–Kier alpha value is -3.32. The molecule has 0 unspecified atom stereocenters. The first-order chi connectivity index (χ1) is 16.4. The van der Waals surface area contributed by atoms with Gasteiger partial charge in [-0.05, 0) is 24.3 Å². The number of carbonyl (C=O) groups excluding carboxylic acids is 1. The van der Waals surface area contributed by atoms with E-state index in [1.807, 2.05) is 11.4 Å². The largest absolute Gasteiger partial charge is 0.382 e. The Morgan fingerprint density at radius 2 is 2.06 bits per heavy atom. The number of nitrogens with two attached hydrogens (primary N) is 2. The molecule has 0 spiro atoms. The second kappa shape index (κ2) is 10.7. The SMILES string of the molecule is NN/N=C(\N)c1cc(CN2CCN(C(=O)c3cccc(Cl)c3F)CC2)nc(Nc2nccs2)c1. The summed E-state index contributed by atoms with van der Waals surface area (Å²) in [6.07, 6.45) is 1.70. The Kier molecular flexibility index (Phi) is 7.53. The molecule has 1 aliphatic heterocycles. The number of nitrogens with zero attached hydrogens (tertiary/aromatic N) is 5. The van der Waals surface area contributed by atoms with E-state index < -0.39 is 5.82 Å². The molecule has 0 atom stereocenters. The van der Waals surface area contributed by atoms with Crippen LogP contribution < -0.4 is 22.4 Å².